The molecule has 1 aliphatic heterocycles. The Kier molecular flexibility index (Phi) is 2.58. The minimum atomic E-state index is 0.103. The monoisotopic (exact) mass is 204 g/mol. The van der Waals surface area contributed by atoms with E-state index in [1.807, 2.05) is 6.07 Å². The van der Waals surface area contributed by atoms with Crippen LogP contribution in [0.1, 0.15) is 18.9 Å². The molecule has 1 fully saturated rings. The van der Waals surface area contributed by atoms with Crippen LogP contribution in [0.25, 0.3) is 0 Å². The summed E-state index contributed by atoms with van der Waals surface area (Å²) in [5.74, 6) is 1.77. The van der Waals surface area contributed by atoms with Gasteiger partial charge in [-0.1, -0.05) is 6.92 Å². The van der Waals surface area contributed by atoms with E-state index in [0.717, 1.165) is 30.4 Å². The van der Waals surface area contributed by atoms with Gasteiger partial charge in [0.1, 0.15) is 11.7 Å². The van der Waals surface area contributed by atoms with Crippen molar-refractivity contribution in [3.05, 3.63) is 23.9 Å². The van der Waals surface area contributed by atoms with Crippen molar-refractivity contribution >= 4 is 11.7 Å². The summed E-state index contributed by atoms with van der Waals surface area (Å²) in [6.07, 6.45) is 2.93. The minimum Gasteiger partial charge on any atom is -0.384 e. The van der Waals surface area contributed by atoms with Crippen molar-refractivity contribution in [3.63, 3.8) is 0 Å². The van der Waals surface area contributed by atoms with E-state index in [-0.39, 0.29) is 5.84 Å². The highest BCUT2D eigenvalue weighted by Gasteiger charge is 2.19. The van der Waals surface area contributed by atoms with Crippen LogP contribution in [-0.4, -0.2) is 23.9 Å². The molecule has 0 aliphatic carbocycles. The van der Waals surface area contributed by atoms with E-state index in [9.17, 15) is 0 Å². The molecule has 1 unspecified atom stereocenters. The maximum Gasteiger partial charge on any atom is 0.129 e. The van der Waals surface area contributed by atoms with Gasteiger partial charge in [0.25, 0.3) is 0 Å². The Morgan fingerprint density at radius 2 is 2.47 bits per heavy atom. The highest BCUT2D eigenvalue weighted by Crippen LogP contribution is 2.21. The average molecular weight is 204 g/mol. The number of pyridine rings is 1. The normalized spacial score (nSPS) is 20.6. The van der Waals surface area contributed by atoms with Gasteiger partial charge in [0, 0.05) is 24.8 Å². The summed E-state index contributed by atoms with van der Waals surface area (Å²) in [5, 5.41) is 7.37. The second-order valence-corrected chi connectivity index (χ2v) is 4.16. The number of amidine groups is 1. The number of nitrogens with two attached hydrogens (primary N) is 1. The Hall–Kier alpha value is -1.58. The van der Waals surface area contributed by atoms with E-state index in [4.69, 9.17) is 11.1 Å². The summed E-state index contributed by atoms with van der Waals surface area (Å²) in [6.45, 7) is 4.35. The molecule has 0 aromatic carbocycles. The van der Waals surface area contributed by atoms with Crippen molar-refractivity contribution in [2.24, 2.45) is 11.7 Å². The maximum absolute atomic E-state index is 7.37. The smallest absolute Gasteiger partial charge is 0.129 e. The number of nitrogen functional groups attached to an aromatic ring is 1. The van der Waals surface area contributed by atoms with E-state index in [1.165, 1.54) is 6.42 Å². The summed E-state index contributed by atoms with van der Waals surface area (Å²) >= 11 is 0. The topological polar surface area (TPSA) is 66.0 Å². The molecule has 0 spiro atoms. The molecule has 1 aliphatic rings. The molecule has 4 heteroatoms. The molecule has 0 amide bonds. The largest absolute Gasteiger partial charge is 0.384 e. The fourth-order valence-corrected chi connectivity index (χ4v) is 1.90. The molecule has 80 valence electrons. The summed E-state index contributed by atoms with van der Waals surface area (Å²) in [4.78, 5) is 6.56. The van der Waals surface area contributed by atoms with Gasteiger partial charge in [-0.05, 0) is 24.5 Å². The van der Waals surface area contributed by atoms with Crippen LogP contribution < -0.4 is 10.6 Å². The lowest BCUT2D eigenvalue weighted by Gasteiger charge is -2.17. The van der Waals surface area contributed by atoms with Crippen molar-refractivity contribution in [2.45, 2.75) is 13.3 Å². The van der Waals surface area contributed by atoms with Crippen molar-refractivity contribution < 1.29 is 0 Å². The first-order chi connectivity index (χ1) is 7.16. The Morgan fingerprint density at radius 1 is 1.67 bits per heavy atom. The van der Waals surface area contributed by atoms with Crippen LogP contribution in [0.2, 0.25) is 0 Å². The van der Waals surface area contributed by atoms with Gasteiger partial charge in [-0.3, -0.25) is 5.41 Å². The van der Waals surface area contributed by atoms with Gasteiger partial charge in [-0.15, -0.1) is 0 Å². The van der Waals surface area contributed by atoms with Crippen molar-refractivity contribution in [1.82, 2.24) is 4.98 Å². The number of aromatic nitrogens is 1. The van der Waals surface area contributed by atoms with Crippen LogP contribution in [0.5, 0.6) is 0 Å². The van der Waals surface area contributed by atoms with Crippen LogP contribution in [0.15, 0.2) is 18.3 Å². The van der Waals surface area contributed by atoms with Gasteiger partial charge >= 0.3 is 0 Å². The van der Waals surface area contributed by atoms with Crippen molar-refractivity contribution in [2.75, 3.05) is 18.0 Å². The van der Waals surface area contributed by atoms with Crippen LogP contribution >= 0.6 is 0 Å². The summed E-state index contributed by atoms with van der Waals surface area (Å²) < 4.78 is 0. The van der Waals surface area contributed by atoms with Gasteiger partial charge in [-0.2, -0.15) is 0 Å². The molecule has 1 saturated heterocycles. The summed E-state index contributed by atoms with van der Waals surface area (Å²) in [7, 11) is 0. The zero-order chi connectivity index (χ0) is 10.8. The first-order valence-electron chi connectivity index (χ1n) is 5.22. The predicted molar refractivity (Wildman–Crippen MR) is 61.2 cm³/mol. The average Bonchev–Trinajstić information content (AvgIpc) is 2.65. The highest BCUT2D eigenvalue weighted by molar-refractivity contribution is 5.95. The number of nitrogens with zero attached hydrogens (tertiary/aromatic N) is 2. The van der Waals surface area contributed by atoms with Crippen LogP contribution in [-0.2, 0) is 0 Å². The van der Waals surface area contributed by atoms with Crippen molar-refractivity contribution in [1.29, 1.82) is 5.41 Å². The van der Waals surface area contributed by atoms with Gasteiger partial charge in [0.05, 0.1) is 0 Å². The Morgan fingerprint density at radius 3 is 3.07 bits per heavy atom. The van der Waals surface area contributed by atoms with E-state index in [1.54, 1.807) is 12.3 Å². The van der Waals surface area contributed by atoms with Gasteiger partial charge in [0.15, 0.2) is 0 Å². The standard InChI is InChI=1S/C11H16N4/c1-8-3-5-15(7-8)10-6-9(11(12)13)2-4-14-10/h2,4,6,8H,3,5,7H2,1H3,(H3,12,13). The third-order valence-electron chi connectivity index (χ3n) is 2.80. The molecule has 3 N–H and O–H groups in total. The van der Waals surface area contributed by atoms with Crippen LogP contribution in [0.3, 0.4) is 0 Å². The fraction of sp³-hybridized carbons (Fsp3) is 0.455. The predicted octanol–water partition coefficient (Wildman–Crippen LogP) is 1.21. The molecule has 2 heterocycles. The first-order valence-corrected chi connectivity index (χ1v) is 5.22. The zero-order valence-corrected chi connectivity index (χ0v) is 8.90. The third-order valence-corrected chi connectivity index (χ3v) is 2.80. The molecule has 1 atom stereocenters. The molecule has 4 nitrogen and oxygen atoms in total. The lowest BCUT2D eigenvalue weighted by Crippen LogP contribution is -2.21. The highest BCUT2D eigenvalue weighted by atomic mass is 15.2. The Balaban J connectivity index is 2.21. The molecule has 2 rings (SSSR count). The lowest BCUT2D eigenvalue weighted by atomic mass is 10.2. The molecule has 0 bridgehead atoms. The summed E-state index contributed by atoms with van der Waals surface area (Å²) in [6, 6.07) is 3.66. The van der Waals surface area contributed by atoms with Crippen molar-refractivity contribution in [3.8, 4) is 0 Å². The van der Waals surface area contributed by atoms with Crippen LogP contribution in [0.4, 0.5) is 5.82 Å². The lowest BCUT2D eigenvalue weighted by molar-refractivity contribution is 0.659. The molecular formula is C11H16N4. The molecule has 0 saturated carbocycles. The Labute approximate surface area is 89.6 Å². The van der Waals surface area contributed by atoms with Gasteiger partial charge in [0.2, 0.25) is 0 Å². The number of rotatable bonds is 2. The maximum atomic E-state index is 7.37. The molecule has 15 heavy (non-hydrogen) atoms. The first kappa shape index (κ1) is 9.96. The zero-order valence-electron chi connectivity index (χ0n) is 8.90. The molecular weight excluding hydrogens is 188 g/mol. The number of anilines is 1. The van der Waals surface area contributed by atoms with Gasteiger partial charge < -0.3 is 10.6 Å². The van der Waals surface area contributed by atoms with E-state index in [0.29, 0.717) is 0 Å². The minimum absolute atomic E-state index is 0.103. The third kappa shape index (κ3) is 2.09. The summed E-state index contributed by atoms with van der Waals surface area (Å²) in [5.41, 5.74) is 6.20. The van der Waals surface area contributed by atoms with E-state index in [2.05, 4.69) is 16.8 Å². The second kappa shape index (κ2) is 3.88. The van der Waals surface area contributed by atoms with E-state index >= 15 is 0 Å². The second-order valence-electron chi connectivity index (χ2n) is 4.16. The number of hydrogen-bond acceptors (Lipinski definition) is 3. The SMILES string of the molecule is CC1CCN(c2cc(C(=N)N)ccn2)C1. The molecule has 1 aromatic rings. The molecule has 0 radical (unpaired) electrons. The van der Waals surface area contributed by atoms with E-state index < -0.39 is 0 Å². The van der Waals surface area contributed by atoms with Gasteiger partial charge in [-0.25, -0.2) is 4.98 Å². The quantitative estimate of drug-likeness (QED) is 0.562. The number of nitrogens with one attached hydrogen (secondary N) is 1. The van der Waals surface area contributed by atoms with Crippen LogP contribution in [0, 0.1) is 11.3 Å². The Bertz CT molecular complexity index is 375. The fourth-order valence-electron chi connectivity index (χ4n) is 1.90. The number of hydrogen-bond donors (Lipinski definition) is 2. The molecule has 1 aromatic heterocycles.